The van der Waals surface area contributed by atoms with Crippen LogP contribution in [0.25, 0.3) is 5.69 Å². The molecule has 0 aliphatic rings. The molecule has 1 aromatic heterocycles. The normalized spacial score (nSPS) is 10.3. The molecule has 0 aliphatic carbocycles. The number of H-pyrrole nitrogens is 1. The van der Waals surface area contributed by atoms with Gasteiger partial charge in [0.1, 0.15) is 11.5 Å². The Morgan fingerprint density at radius 1 is 1.47 bits per heavy atom. The van der Waals surface area contributed by atoms with Gasteiger partial charge < -0.3 is 5.32 Å². The van der Waals surface area contributed by atoms with Gasteiger partial charge in [-0.3, -0.25) is 9.89 Å². The maximum absolute atomic E-state index is 12.9. The van der Waals surface area contributed by atoms with Crippen LogP contribution in [0.15, 0.2) is 35.3 Å². The van der Waals surface area contributed by atoms with Crippen molar-refractivity contribution in [2.24, 2.45) is 0 Å². The molecule has 5 heteroatoms. The highest BCUT2D eigenvalue weighted by Crippen LogP contribution is 2.07. The Balaban J connectivity index is 2.55. The van der Waals surface area contributed by atoms with E-state index in [-0.39, 0.29) is 11.4 Å². The number of rotatable bonds is 2. The average Bonchev–Trinajstić information content (AvgIpc) is 2.59. The third kappa shape index (κ3) is 1.63. The number of hydrogen-bond donors (Lipinski definition) is 2. The minimum absolute atomic E-state index is 0.233. The summed E-state index contributed by atoms with van der Waals surface area (Å²) in [4.78, 5) is 11.7. The zero-order chi connectivity index (χ0) is 10.8. The number of benzene rings is 1. The summed E-state index contributed by atoms with van der Waals surface area (Å²) in [5.41, 5.74) is 0.684. The maximum atomic E-state index is 12.9. The van der Waals surface area contributed by atoms with Crippen LogP contribution in [0.1, 0.15) is 0 Å². The molecule has 0 amide bonds. The van der Waals surface area contributed by atoms with E-state index < -0.39 is 0 Å². The number of hydrogen-bond acceptors (Lipinski definition) is 2. The molecule has 0 radical (unpaired) electrons. The number of anilines is 1. The van der Waals surface area contributed by atoms with Gasteiger partial charge in [0.05, 0.1) is 5.69 Å². The van der Waals surface area contributed by atoms with E-state index in [1.165, 1.54) is 23.0 Å². The zero-order valence-corrected chi connectivity index (χ0v) is 8.12. The number of nitrogens with zero attached hydrogens (tertiary/aromatic N) is 1. The van der Waals surface area contributed by atoms with Crippen LogP contribution in [0, 0.1) is 5.82 Å². The summed E-state index contributed by atoms with van der Waals surface area (Å²) >= 11 is 0. The standard InChI is InChI=1S/C10H10FN3O/c1-12-9-6-13-14(10(9)15)8-4-2-3-7(11)5-8/h2-6,12-13H,1H3. The van der Waals surface area contributed by atoms with Gasteiger partial charge in [-0.25, -0.2) is 9.07 Å². The zero-order valence-electron chi connectivity index (χ0n) is 8.12. The third-order valence-corrected chi connectivity index (χ3v) is 2.11. The van der Waals surface area contributed by atoms with Gasteiger partial charge in [0.15, 0.2) is 0 Å². The molecule has 0 aliphatic heterocycles. The Kier molecular flexibility index (Phi) is 2.29. The van der Waals surface area contributed by atoms with E-state index in [0.717, 1.165) is 0 Å². The van der Waals surface area contributed by atoms with Crippen molar-refractivity contribution in [1.29, 1.82) is 0 Å². The topological polar surface area (TPSA) is 49.8 Å². The molecule has 0 saturated heterocycles. The predicted octanol–water partition coefficient (Wildman–Crippen LogP) is 1.35. The Labute approximate surface area is 85.3 Å². The quantitative estimate of drug-likeness (QED) is 0.780. The smallest absolute Gasteiger partial charge is 0.294 e. The third-order valence-electron chi connectivity index (χ3n) is 2.11. The summed E-state index contributed by atoms with van der Waals surface area (Å²) in [5, 5.41) is 5.49. The lowest BCUT2D eigenvalue weighted by Crippen LogP contribution is -2.16. The van der Waals surface area contributed by atoms with Crippen molar-refractivity contribution < 1.29 is 4.39 Å². The molecule has 4 nitrogen and oxygen atoms in total. The molecule has 2 rings (SSSR count). The monoisotopic (exact) mass is 207 g/mol. The van der Waals surface area contributed by atoms with Crippen molar-refractivity contribution in [3.63, 3.8) is 0 Å². The lowest BCUT2D eigenvalue weighted by Gasteiger charge is -2.00. The van der Waals surface area contributed by atoms with Gasteiger partial charge >= 0.3 is 0 Å². The molecule has 78 valence electrons. The molecule has 1 aromatic carbocycles. The van der Waals surface area contributed by atoms with Crippen LogP contribution in [-0.2, 0) is 0 Å². The van der Waals surface area contributed by atoms with E-state index in [0.29, 0.717) is 11.4 Å². The lowest BCUT2D eigenvalue weighted by molar-refractivity contribution is 0.625. The summed E-state index contributed by atoms with van der Waals surface area (Å²) in [5.74, 6) is -0.375. The largest absolute Gasteiger partial charge is 0.382 e. The van der Waals surface area contributed by atoms with Crippen molar-refractivity contribution in [3.05, 3.63) is 46.6 Å². The highest BCUT2D eigenvalue weighted by atomic mass is 19.1. The van der Waals surface area contributed by atoms with Gasteiger partial charge in [-0.05, 0) is 18.2 Å². The fraction of sp³-hybridized carbons (Fsp3) is 0.100. The molecular weight excluding hydrogens is 197 g/mol. The first-order valence-corrected chi connectivity index (χ1v) is 4.46. The van der Waals surface area contributed by atoms with Crippen molar-refractivity contribution in [2.75, 3.05) is 12.4 Å². The fourth-order valence-electron chi connectivity index (χ4n) is 1.36. The molecule has 0 bridgehead atoms. The van der Waals surface area contributed by atoms with Crippen LogP contribution in [0.5, 0.6) is 0 Å². The van der Waals surface area contributed by atoms with Crippen molar-refractivity contribution >= 4 is 5.69 Å². The van der Waals surface area contributed by atoms with Crippen LogP contribution in [0.4, 0.5) is 10.1 Å². The Hall–Kier alpha value is -2.04. The van der Waals surface area contributed by atoms with Crippen LogP contribution in [0.2, 0.25) is 0 Å². The first kappa shape index (κ1) is 9.51. The second-order valence-corrected chi connectivity index (χ2v) is 3.06. The van der Waals surface area contributed by atoms with E-state index in [9.17, 15) is 9.18 Å². The van der Waals surface area contributed by atoms with E-state index in [1.807, 2.05) is 0 Å². The van der Waals surface area contributed by atoms with Crippen LogP contribution >= 0.6 is 0 Å². The fourth-order valence-corrected chi connectivity index (χ4v) is 1.36. The number of aromatic amines is 1. The summed E-state index contributed by atoms with van der Waals surface area (Å²) in [6.07, 6.45) is 1.53. The van der Waals surface area contributed by atoms with Crippen molar-refractivity contribution in [1.82, 2.24) is 9.78 Å². The second kappa shape index (κ2) is 3.61. The molecule has 0 saturated carbocycles. The van der Waals surface area contributed by atoms with Crippen LogP contribution in [-0.4, -0.2) is 16.8 Å². The number of aromatic nitrogens is 2. The van der Waals surface area contributed by atoms with Crippen molar-refractivity contribution in [3.8, 4) is 5.69 Å². The Morgan fingerprint density at radius 2 is 2.27 bits per heavy atom. The summed E-state index contributed by atoms with van der Waals surface area (Å²) in [6, 6.07) is 5.82. The molecule has 0 fully saturated rings. The Morgan fingerprint density at radius 3 is 2.87 bits per heavy atom. The van der Waals surface area contributed by atoms with Gasteiger partial charge in [0.25, 0.3) is 5.56 Å². The van der Waals surface area contributed by atoms with E-state index in [2.05, 4.69) is 10.4 Å². The van der Waals surface area contributed by atoms with Crippen LogP contribution < -0.4 is 10.9 Å². The highest BCUT2D eigenvalue weighted by Gasteiger charge is 2.06. The number of halogens is 1. The maximum Gasteiger partial charge on any atom is 0.294 e. The van der Waals surface area contributed by atoms with Gasteiger partial charge in [0.2, 0.25) is 0 Å². The molecule has 0 atom stereocenters. The minimum atomic E-state index is -0.375. The highest BCUT2D eigenvalue weighted by molar-refractivity contribution is 5.41. The van der Waals surface area contributed by atoms with Crippen molar-refractivity contribution in [2.45, 2.75) is 0 Å². The SMILES string of the molecule is CNc1c[nH]n(-c2cccc(F)c2)c1=O. The molecule has 2 N–H and O–H groups in total. The molecule has 0 unspecified atom stereocenters. The van der Waals surface area contributed by atoms with Gasteiger partial charge in [0, 0.05) is 13.2 Å². The van der Waals surface area contributed by atoms with Gasteiger partial charge in [-0.1, -0.05) is 6.07 Å². The summed E-state index contributed by atoms with van der Waals surface area (Å²) in [7, 11) is 1.65. The molecular formula is C10H10FN3O. The predicted molar refractivity (Wildman–Crippen MR) is 55.9 cm³/mol. The summed E-state index contributed by atoms with van der Waals surface area (Å²) in [6.45, 7) is 0. The van der Waals surface area contributed by atoms with E-state index in [4.69, 9.17) is 0 Å². The molecule has 2 aromatic rings. The van der Waals surface area contributed by atoms with Gasteiger partial charge in [-0.2, -0.15) is 0 Å². The van der Waals surface area contributed by atoms with Crippen LogP contribution in [0.3, 0.4) is 0 Å². The van der Waals surface area contributed by atoms with E-state index >= 15 is 0 Å². The molecule has 15 heavy (non-hydrogen) atoms. The van der Waals surface area contributed by atoms with Gasteiger partial charge in [-0.15, -0.1) is 0 Å². The number of nitrogens with one attached hydrogen (secondary N) is 2. The average molecular weight is 207 g/mol. The first-order chi connectivity index (χ1) is 7.22. The minimum Gasteiger partial charge on any atom is -0.382 e. The lowest BCUT2D eigenvalue weighted by atomic mass is 10.3. The second-order valence-electron chi connectivity index (χ2n) is 3.06. The first-order valence-electron chi connectivity index (χ1n) is 4.46. The van der Waals surface area contributed by atoms with E-state index in [1.54, 1.807) is 19.2 Å². The molecule has 0 spiro atoms. The Bertz CT molecular complexity index is 529. The molecule has 1 heterocycles. The summed E-state index contributed by atoms with van der Waals surface area (Å²) < 4.78 is 14.2.